The van der Waals surface area contributed by atoms with Crippen LogP contribution in [0, 0.1) is 0 Å². The number of nitrogens with one attached hydrogen (secondary N) is 1. The molecule has 1 rings (SSSR count). The highest BCUT2D eigenvalue weighted by atomic mass is 16.5. The number of rotatable bonds is 1. The van der Waals surface area contributed by atoms with Gasteiger partial charge < -0.3 is 4.74 Å². The molecule has 1 amide bonds. The van der Waals surface area contributed by atoms with Crippen molar-refractivity contribution in [3.05, 3.63) is 12.2 Å². The Morgan fingerprint density at radius 3 is 2.88 bits per heavy atom. The zero-order chi connectivity index (χ0) is 5.98. The van der Waals surface area contributed by atoms with E-state index < -0.39 is 12.0 Å². The molecule has 1 unspecified atom stereocenters. The summed E-state index contributed by atoms with van der Waals surface area (Å²) in [5.74, 6) is -0.668. The van der Waals surface area contributed by atoms with Gasteiger partial charge >= 0.3 is 0 Å². The summed E-state index contributed by atoms with van der Waals surface area (Å²) in [5.41, 5.74) is 6.56. The Kier molecular flexibility index (Phi) is 1.30. The summed E-state index contributed by atoms with van der Waals surface area (Å²) in [6, 6.07) is 0. The van der Waals surface area contributed by atoms with Gasteiger partial charge in [-0.1, -0.05) is 6.08 Å². The van der Waals surface area contributed by atoms with E-state index in [-0.39, 0.29) is 0 Å². The van der Waals surface area contributed by atoms with Gasteiger partial charge in [0.25, 0.3) is 5.91 Å². The van der Waals surface area contributed by atoms with Crippen molar-refractivity contribution < 1.29 is 9.53 Å². The molecule has 0 aromatic carbocycles. The van der Waals surface area contributed by atoms with E-state index in [2.05, 4.69) is 0 Å². The normalized spacial score (nSPS) is 26.2. The number of hydrogen-bond donors (Lipinski definition) is 0. The fourth-order valence-electron chi connectivity index (χ4n) is 0.557. The topological polar surface area (TPSA) is 50.1 Å². The third-order valence-electron chi connectivity index (χ3n) is 0.941. The molecule has 1 aliphatic rings. The second-order valence-corrected chi connectivity index (χ2v) is 1.55. The summed E-state index contributed by atoms with van der Waals surface area (Å²) in [5, 5.41) is 0. The van der Waals surface area contributed by atoms with E-state index in [1.165, 1.54) is 0 Å². The monoisotopic (exact) mass is 112 g/mol. The summed E-state index contributed by atoms with van der Waals surface area (Å²) in [7, 11) is 0. The lowest BCUT2D eigenvalue weighted by atomic mass is 10.3. The minimum absolute atomic E-state index is 0.468. The van der Waals surface area contributed by atoms with Gasteiger partial charge in [-0.2, -0.15) is 0 Å². The first-order valence-corrected chi connectivity index (χ1v) is 2.34. The predicted molar refractivity (Wildman–Crippen MR) is 27.0 cm³/mol. The van der Waals surface area contributed by atoms with Crippen molar-refractivity contribution in [3.63, 3.8) is 0 Å². The average molecular weight is 112 g/mol. The van der Waals surface area contributed by atoms with Gasteiger partial charge in [0.2, 0.25) is 0 Å². The van der Waals surface area contributed by atoms with Crippen LogP contribution in [0.25, 0.3) is 0 Å². The highest BCUT2D eigenvalue weighted by Crippen LogP contribution is 2.01. The Balaban J connectivity index is 2.48. The third kappa shape index (κ3) is 0.869. The van der Waals surface area contributed by atoms with Gasteiger partial charge in [0.15, 0.2) is 6.10 Å². The first-order chi connectivity index (χ1) is 3.80. The standard InChI is InChI=1S/C5H6NO2/c6-5(7)4-2-1-3-8-4/h1-2,4,6H,3H2. The SMILES string of the molecule is [NH]C(=O)C1C=CCO1. The van der Waals surface area contributed by atoms with E-state index in [1.54, 1.807) is 12.2 Å². The number of carbonyl (C=O) groups is 1. The second kappa shape index (κ2) is 1.96. The Hall–Kier alpha value is -0.830. The van der Waals surface area contributed by atoms with Gasteiger partial charge in [0.1, 0.15) is 0 Å². The van der Waals surface area contributed by atoms with Crippen LogP contribution < -0.4 is 5.73 Å². The number of hydrogen-bond acceptors (Lipinski definition) is 2. The Morgan fingerprint density at radius 1 is 1.88 bits per heavy atom. The molecular formula is C5H6NO2. The molecule has 1 heterocycles. The Labute approximate surface area is 47.1 Å². The van der Waals surface area contributed by atoms with Crippen LogP contribution in [0.2, 0.25) is 0 Å². The maximum absolute atomic E-state index is 10.1. The van der Waals surface area contributed by atoms with Crippen LogP contribution in [0.15, 0.2) is 12.2 Å². The van der Waals surface area contributed by atoms with Crippen LogP contribution in [0.3, 0.4) is 0 Å². The van der Waals surface area contributed by atoms with Crippen molar-refractivity contribution >= 4 is 5.91 Å². The van der Waals surface area contributed by atoms with Crippen LogP contribution in [0.4, 0.5) is 0 Å². The Bertz CT molecular complexity index is 130. The molecule has 1 N–H and O–H groups in total. The van der Waals surface area contributed by atoms with Gasteiger partial charge in [-0.05, 0) is 6.08 Å². The van der Waals surface area contributed by atoms with Gasteiger partial charge in [-0.15, -0.1) is 0 Å². The molecule has 3 heteroatoms. The molecule has 0 spiro atoms. The van der Waals surface area contributed by atoms with Crippen LogP contribution in [-0.4, -0.2) is 18.6 Å². The smallest absolute Gasteiger partial charge is 0.271 e. The minimum Gasteiger partial charge on any atom is -0.360 e. The Morgan fingerprint density at radius 2 is 2.62 bits per heavy atom. The fraction of sp³-hybridized carbons (Fsp3) is 0.400. The zero-order valence-corrected chi connectivity index (χ0v) is 4.26. The van der Waals surface area contributed by atoms with Gasteiger partial charge in [-0.3, -0.25) is 10.5 Å². The van der Waals surface area contributed by atoms with E-state index in [0.29, 0.717) is 6.61 Å². The van der Waals surface area contributed by atoms with Crippen LogP contribution in [0.1, 0.15) is 0 Å². The summed E-state index contributed by atoms with van der Waals surface area (Å²) in [4.78, 5) is 10.1. The van der Waals surface area contributed by atoms with Crippen LogP contribution in [0.5, 0.6) is 0 Å². The highest BCUT2D eigenvalue weighted by Gasteiger charge is 2.14. The van der Waals surface area contributed by atoms with Gasteiger partial charge in [-0.25, -0.2) is 0 Å². The molecule has 1 atom stereocenters. The van der Waals surface area contributed by atoms with Crippen molar-refractivity contribution in [2.75, 3.05) is 6.61 Å². The summed E-state index contributed by atoms with van der Waals surface area (Å²) in [6.07, 6.45) is 2.74. The van der Waals surface area contributed by atoms with Gasteiger partial charge in [0.05, 0.1) is 6.61 Å². The molecule has 0 fully saturated rings. The highest BCUT2D eigenvalue weighted by molar-refractivity contribution is 5.80. The minimum atomic E-state index is -0.668. The molecule has 0 aromatic heterocycles. The predicted octanol–water partition coefficient (Wildman–Crippen LogP) is -0.249. The van der Waals surface area contributed by atoms with Crippen molar-refractivity contribution in [1.82, 2.24) is 5.73 Å². The molecule has 0 saturated carbocycles. The van der Waals surface area contributed by atoms with E-state index in [4.69, 9.17) is 10.5 Å². The van der Waals surface area contributed by atoms with E-state index >= 15 is 0 Å². The molecule has 0 saturated heterocycles. The maximum atomic E-state index is 10.1. The average Bonchev–Trinajstić information content (AvgIpc) is 2.12. The fourth-order valence-corrected chi connectivity index (χ4v) is 0.557. The van der Waals surface area contributed by atoms with Crippen molar-refractivity contribution in [3.8, 4) is 0 Å². The molecule has 8 heavy (non-hydrogen) atoms. The number of amides is 1. The maximum Gasteiger partial charge on any atom is 0.271 e. The lowest BCUT2D eigenvalue weighted by Gasteiger charge is -1.98. The van der Waals surface area contributed by atoms with Crippen LogP contribution in [-0.2, 0) is 9.53 Å². The molecule has 1 radical (unpaired) electrons. The zero-order valence-electron chi connectivity index (χ0n) is 4.26. The van der Waals surface area contributed by atoms with E-state index in [1.807, 2.05) is 0 Å². The molecule has 3 nitrogen and oxygen atoms in total. The number of carbonyl (C=O) groups excluding carboxylic acids is 1. The van der Waals surface area contributed by atoms with Crippen molar-refractivity contribution in [2.45, 2.75) is 6.10 Å². The molecule has 1 aliphatic heterocycles. The quantitative estimate of drug-likeness (QED) is 0.439. The molecular weight excluding hydrogens is 106 g/mol. The largest absolute Gasteiger partial charge is 0.360 e. The van der Waals surface area contributed by atoms with Crippen molar-refractivity contribution in [2.24, 2.45) is 0 Å². The van der Waals surface area contributed by atoms with Crippen LogP contribution >= 0.6 is 0 Å². The van der Waals surface area contributed by atoms with Crippen molar-refractivity contribution in [1.29, 1.82) is 0 Å². The molecule has 43 valence electrons. The molecule has 0 aromatic rings. The second-order valence-electron chi connectivity index (χ2n) is 1.55. The first-order valence-electron chi connectivity index (χ1n) is 2.34. The van der Waals surface area contributed by atoms with Gasteiger partial charge in [0, 0.05) is 0 Å². The third-order valence-corrected chi connectivity index (χ3v) is 0.941. The summed E-state index contributed by atoms with van der Waals surface area (Å²) < 4.78 is 4.77. The summed E-state index contributed by atoms with van der Waals surface area (Å²) in [6.45, 7) is 0.468. The first kappa shape index (κ1) is 5.31. The van der Waals surface area contributed by atoms with E-state index in [0.717, 1.165) is 0 Å². The molecule has 0 bridgehead atoms. The molecule has 0 aliphatic carbocycles. The summed E-state index contributed by atoms with van der Waals surface area (Å²) >= 11 is 0. The lowest BCUT2D eigenvalue weighted by molar-refractivity contribution is -0.125. The number of ether oxygens (including phenoxy) is 1. The van der Waals surface area contributed by atoms with E-state index in [9.17, 15) is 4.79 Å². The lowest BCUT2D eigenvalue weighted by Crippen LogP contribution is -2.18.